The number of likely N-dealkylation sites (tertiary alicyclic amines) is 1. The molecular weight excluding hydrogens is 362 g/mol. The minimum absolute atomic E-state index is 0.167. The van der Waals surface area contributed by atoms with Crippen molar-refractivity contribution < 1.29 is 4.79 Å². The van der Waals surface area contributed by atoms with Gasteiger partial charge in [-0.05, 0) is 29.9 Å². The maximum absolute atomic E-state index is 11.8. The second kappa shape index (κ2) is 8.66. The Morgan fingerprint density at radius 2 is 1.90 bits per heavy atom. The maximum Gasteiger partial charge on any atom is 0.219 e. The van der Waals surface area contributed by atoms with Crippen molar-refractivity contribution in [2.75, 3.05) is 26.2 Å². The summed E-state index contributed by atoms with van der Waals surface area (Å²) < 4.78 is 2.33. The average molecular weight is 396 g/mol. The Labute approximate surface area is 173 Å². The summed E-state index contributed by atoms with van der Waals surface area (Å²) in [6, 6.07) is 9.05. The second-order valence-electron chi connectivity index (χ2n) is 8.85. The van der Waals surface area contributed by atoms with Gasteiger partial charge in [0.2, 0.25) is 5.91 Å². The molecule has 1 saturated heterocycles. The predicted molar refractivity (Wildman–Crippen MR) is 114 cm³/mol. The van der Waals surface area contributed by atoms with Crippen LogP contribution in [0, 0.1) is 0 Å². The van der Waals surface area contributed by atoms with E-state index in [1.54, 1.807) is 6.92 Å². The molecule has 0 N–H and O–H groups in total. The zero-order chi connectivity index (χ0) is 20.4. The van der Waals surface area contributed by atoms with Gasteiger partial charge in [-0.15, -0.1) is 10.2 Å². The van der Waals surface area contributed by atoms with Gasteiger partial charge in [-0.25, -0.2) is 0 Å². The molecule has 0 radical (unpaired) electrons. The van der Waals surface area contributed by atoms with Gasteiger partial charge in [0, 0.05) is 58.5 Å². The lowest BCUT2D eigenvalue weighted by Gasteiger charge is -2.31. The molecule has 2 aliphatic heterocycles. The van der Waals surface area contributed by atoms with E-state index < -0.39 is 0 Å². The van der Waals surface area contributed by atoms with Crippen LogP contribution in [0.5, 0.6) is 0 Å². The van der Waals surface area contributed by atoms with Crippen molar-refractivity contribution in [2.45, 2.75) is 65.0 Å². The van der Waals surface area contributed by atoms with Crippen LogP contribution in [0.4, 0.5) is 0 Å². The number of nitrogens with zero attached hydrogens (tertiary/aromatic N) is 5. The van der Waals surface area contributed by atoms with E-state index in [0.717, 1.165) is 70.2 Å². The first-order valence-electron chi connectivity index (χ1n) is 11.0. The molecule has 156 valence electrons. The zero-order valence-electron chi connectivity index (χ0n) is 18.0. The number of hydrogen-bond acceptors (Lipinski definition) is 4. The fraction of sp³-hybridized carbons (Fsp3) is 0.609. The standard InChI is InChI=1S/C23H33N5O/c1-17(2)20-8-6-19(7-9-20)15-26-12-10-22-24-25-23(28(22)14-13-26)21-5-4-11-27(16-21)18(3)29/h6-9,17,21H,4-5,10-16H2,1-3H3/t21-/m1/s1. The van der Waals surface area contributed by atoms with Crippen LogP contribution < -0.4 is 0 Å². The average Bonchev–Trinajstić information content (AvgIpc) is 3.03. The Morgan fingerprint density at radius 3 is 2.62 bits per heavy atom. The van der Waals surface area contributed by atoms with E-state index in [-0.39, 0.29) is 5.91 Å². The molecule has 6 heteroatoms. The van der Waals surface area contributed by atoms with Crippen molar-refractivity contribution in [3.63, 3.8) is 0 Å². The highest BCUT2D eigenvalue weighted by molar-refractivity contribution is 5.73. The largest absolute Gasteiger partial charge is 0.342 e. The Hall–Kier alpha value is -2.21. The smallest absolute Gasteiger partial charge is 0.219 e. The lowest BCUT2D eigenvalue weighted by Crippen LogP contribution is -2.38. The normalized spacial score (nSPS) is 20.6. The topological polar surface area (TPSA) is 54.3 Å². The minimum atomic E-state index is 0.167. The molecule has 0 bridgehead atoms. The third-order valence-electron chi connectivity index (χ3n) is 6.43. The summed E-state index contributed by atoms with van der Waals surface area (Å²) in [5.74, 6) is 3.22. The number of carbonyl (C=O) groups excluding carboxylic acids is 1. The summed E-state index contributed by atoms with van der Waals surface area (Å²) in [4.78, 5) is 16.3. The lowest BCUT2D eigenvalue weighted by atomic mass is 9.97. The molecule has 1 aromatic carbocycles. The fourth-order valence-corrected chi connectivity index (χ4v) is 4.59. The van der Waals surface area contributed by atoms with Gasteiger partial charge >= 0.3 is 0 Å². The summed E-state index contributed by atoms with van der Waals surface area (Å²) in [6.07, 6.45) is 3.07. The van der Waals surface area contributed by atoms with Crippen molar-refractivity contribution in [1.29, 1.82) is 0 Å². The third-order valence-corrected chi connectivity index (χ3v) is 6.43. The molecule has 0 unspecified atom stereocenters. The van der Waals surface area contributed by atoms with E-state index in [0.29, 0.717) is 11.8 Å². The lowest BCUT2D eigenvalue weighted by molar-refractivity contribution is -0.130. The molecule has 1 amide bonds. The van der Waals surface area contributed by atoms with Crippen molar-refractivity contribution in [3.05, 3.63) is 47.0 Å². The molecule has 1 fully saturated rings. The molecule has 2 aliphatic rings. The van der Waals surface area contributed by atoms with Gasteiger partial charge < -0.3 is 9.47 Å². The fourth-order valence-electron chi connectivity index (χ4n) is 4.59. The monoisotopic (exact) mass is 395 g/mol. The van der Waals surface area contributed by atoms with E-state index >= 15 is 0 Å². The molecule has 3 heterocycles. The number of fused-ring (bicyclic) bond motifs is 1. The van der Waals surface area contributed by atoms with Crippen LogP contribution in [-0.2, 0) is 24.3 Å². The maximum atomic E-state index is 11.8. The number of hydrogen-bond donors (Lipinski definition) is 0. The first-order valence-corrected chi connectivity index (χ1v) is 11.0. The van der Waals surface area contributed by atoms with Crippen molar-refractivity contribution in [1.82, 2.24) is 24.6 Å². The molecule has 4 rings (SSSR count). The number of piperidine rings is 1. The van der Waals surface area contributed by atoms with Crippen LogP contribution >= 0.6 is 0 Å². The zero-order valence-corrected chi connectivity index (χ0v) is 18.0. The minimum Gasteiger partial charge on any atom is -0.342 e. The van der Waals surface area contributed by atoms with Gasteiger partial charge in [-0.2, -0.15) is 0 Å². The third kappa shape index (κ3) is 4.53. The van der Waals surface area contributed by atoms with E-state index in [2.05, 4.69) is 57.8 Å². The molecule has 2 aromatic rings. The van der Waals surface area contributed by atoms with E-state index in [4.69, 9.17) is 0 Å². The summed E-state index contributed by atoms with van der Waals surface area (Å²) in [7, 11) is 0. The van der Waals surface area contributed by atoms with Gasteiger partial charge in [0.05, 0.1) is 0 Å². The number of rotatable bonds is 4. The molecular formula is C23H33N5O. The Morgan fingerprint density at radius 1 is 1.10 bits per heavy atom. The Kier molecular flexibility index (Phi) is 5.99. The van der Waals surface area contributed by atoms with Crippen LogP contribution in [0.15, 0.2) is 24.3 Å². The van der Waals surface area contributed by atoms with Gasteiger partial charge in [-0.1, -0.05) is 38.1 Å². The summed E-state index contributed by atoms with van der Waals surface area (Å²) in [5.41, 5.74) is 2.77. The van der Waals surface area contributed by atoms with Crippen LogP contribution in [0.3, 0.4) is 0 Å². The highest BCUT2D eigenvalue weighted by Gasteiger charge is 2.29. The first kappa shape index (κ1) is 20.1. The Balaban J connectivity index is 1.41. The molecule has 6 nitrogen and oxygen atoms in total. The van der Waals surface area contributed by atoms with E-state index in [1.807, 2.05) is 4.90 Å². The van der Waals surface area contributed by atoms with Gasteiger partial charge in [-0.3, -0.25) is 9.69 Å². The number of benzene rings is 1. The molecule has 1 atom stereocenters. The van der Waals surface area contributed by atoms with E-state index in [1.165, 1.54) is 11.1 Å². The molecule has 0 aliphatic carbocycles. The molecule has 0 saturated carbocycles. The summed E-state index contributed by atoms with van der Waals surface area (Å²) >= 11 is 0. The number of amides is 1. The van der Waals surface area contributed by atoms with E-state index in [9.17, 15) is 4.79 Å². The molecule has 1 aromatic heterocycles. The SMILES string of the molecule is CC(=O)N1CCC[C@@H](c2nnc3n2CCN(Cc2ccc(C(C)C)cc2)CC3)C1. The first-order chi connectivity index (χ1) is 14.0. The van der Waals surface area contributed by atoms with Crippen molar-refractivity contribution in [3.8, 4) is 0 Å². The number of aromatic nitrogens is 3. The highest BCUT2D eigenvalue weighted by atomic mass is 16.2. The van der Waals surface area contributed by atoms with Crippen molar-refractivity contribution in [2.24, 2.45) is 0 Å². The van der Waals surface area contributed by atoms with Gasteiger partial charge in [0.15, 0.2) is 0 Å². The van der Waals surface area contributed by atoms with Gasteiger partial charge in [0.25, 0.3) is 0 Å². The highest BCUT2D eigenvalue weighted by Crippen LogP contribution is 2.27. The van der Waals surface area contributed by atoms with Crippen molar-refractivity contribution >= 4 is 5.91 Å². The second-order valence-corrected chi connectivity index (χ2v) is 8.85. The predicted octanol–water partition coefficient (Wildman–Crippen LogP) is 3.19. The van der Waals surface area contributed by atoms with Gasteiger partial charge in [0.1, 0.15) is 11.6 Å². The van der Waals surface area contributed by atoms with Crippen LogP contribution in [0.2, 0.25) is 0 Å². The van der Waals surface area contributed by atoms with Crippen LogP contribution in [-0.4, -0.2) is 56.7 Å². The van der Waals surface area contributed by atoms with Crippen LogP contribution in [0.1, 0.15) is 68.2 Å². The summed E-state index contributed by atoms with van der Waals surface area (Å²) in [6.45, 7) is 11.7. The van der Waals surface area contributed by atoms with Crippen LogP contribution in [0.25, 0.3) is 0 Å². The quantitative estimate of drug-likeness (QED) is 0.798. The summed E-state index contributed by atoms with van der Waals surface area (Å²) in [5, 5.41) is 9.07. The molecule has 29 heavy (non-hydrogen) atoms. The molecule has 0 spiro atoms. The Bertz CT molecular complexity index is 841. The number of carbonyl (C=O) groups is 1.